The Morgan fingerprint density at radius 3 is 2.56 bits per heavy atom. The van der Waals surface area contributed by atoms with E-state index in [2.05, 4.69) is 25.1 Å². The molecule has 0 saturated carbocycles. The Morgan fingerprint density at radius 2 is 1.85 bits per heavy atom. The van der Waals surface area contributed by atoms with Crippen molar-refractivity contribution in [1.29, 1.82) is 0 Å². The SMILES string of the molecule is Cc1cc(C)nc(SCC(=O)N/N=C\c2cc(C)n(-c3ccccc3)c2)n1. The molecule has 138 valence electrons. The highest BCUT2D eigenvalue weighted by Crippen LogP contribution is 2.15. The van der Waals surface area contributed by atoms with E-state index < -0.39 is 0 Å². The molecule has 27 heavy (non-hydrogen) atoms. The second-order valence-corrected chi connectivity index (χ2v) is 7.08. The van der Waals surface area contributed by atoms with Gasteiger partial charge in [0.25, 0.3) is 5.91 Å². The van der Waals surface area contributed by atoms with Crippen LogP contribution in [0.1, 0.15) is 22.6 Å². The average molecular weight is 379 g/mol. The Morgan fingerprint density at radius 1 is 1.15 bits per heavy atom. The smallest absolute Gasteiger partial charge is 0.250 e. The minimum absolute atomic E-state index is 0.196. The molecule has 1 amide bonds. The first-order valence-corrected chi connectivity index (χ1v) is 9.51. The molecule has 0 saturated heterocycles. The number of para-hydroxylation sites is 1. The van der Waals surface area contributed by atoms with Crippen molar-refractivity contribution in [3.8, 4) is 5.69 Å². The minimum atomic E-state index is -0.196. The van der Waals surface area contributed by atoms with E-state index in [-0.39, 0.29) is 11.7 Å². The molecule has 0 atom stereocenters. The van der Waals surface area contributed by atoms with Crippen LogP contribution in [0.5, 0.6) is 0 Å². The molecule has 0 aliphatic carbocycles. The molecule has 3 aromatic rings. The lowest BCUT2D eigenvalue weighted by atomic mass is 10.3. The topological polar surface area (TPSA) is 72.2 Å². The molecule has 7 heteroatoms. The van der Waals surface area contributed by atoms with Crippen LogP contribution in [0, 0.1) is 20.8 Å². The van der Waals surface area contributed by atoms with Crippen LogP contribution in [0.4, 0.5) is 0 Å². The fourth-order valence-corrected chi connectivity index (χ4v) is 3.38. The van der Waals surface area contributed by atoms with E-state index >= 15 is 0 Å². The van der Waals surface area contributed by atoms with E-state index in [1.807, 2.05) is 69.4 Å². The number of aromatic nitrogens is 3. The van der Waals surface area contributed by atoms with Gasteiger partial charge in [0.1, 0.15) is 0 Å². The minimum Gasteiger partial charge on any atom is -0.321 e. The zero-order chi connectivity index (χ0) is 19.2. The number of hydrogen-bond acceptors (Lipinski definition) is 5. The molecule has 1 N–H and O–H groups in total. The molecule has 3 rings (SSSR count). The monoisotopic (exact) mass is 379 g/mol. The lowest BCUT2D eigenvalue weighted by Gasteiger charge is -2.04. The van der Waals surface area contributed by atoms with Crippen molar-refractivity contribution < 1.29 is 4.79 Å². The first-order valence-electron chi connectivity index (χ1n) is 8.52. The number of carbonyl (C=O) groups excluding carboxylic acids is 1. The van der Waals surface area contributed by atoms with Crippen molar-refractivity contribution >= 4 is 23.9 Å². The average Bonchev–Trinajstić information content (AvgIpc) is 3.00. The van der Waals surface area contributed by atoms with Crippen LogP contribution in [0.3, 0.4) is 0 Å². The fraction of sp³-hybridized carbons (Fsp3) is 0.200. The summed E-state index contributed by atoms with van der Waals surface area (Å²) in [5, 5.41) is 4.64. The zero-order valence-corrected chi connectivity index (χ0v) is 16.3. The van der Waals surface area contributed by atoms with Crippen LogP contribution < -0.4 is 5.43 Å². The van der Waals surface area contributed by atoms with E-state index in [4.69, 9.17) is 0 Å². The standard InChI is InChI=1S/C20H21N5OS/c1-14-9-15(2)23-20(22-14)27-13-19(26)24-21-11-17-10-16(3)25(12-17)18-7-5-4-6-8-18/h4-12H,13H2,1-3H3,(H,24,26)/b21-11-. The van der Waals surface area contributed by atoms with Crippen molar-refractivity contribution in [3.63, 3.8) is 0 Å². The maximum absolute atomic E-state index is 12.0. The molecule has 6 nitrogen and oxygen atoms in total. The summed E-state index contributed by atoms with van der Waals surface area (Å²) >= 11 is 1.29. The first kappa shape index (κ1) is 18.8. The van der Waals surface area contributed by atoms with E-state index in [0.29, 0.717) is 5.16 Å². The predicted molar refractivity (Wildman–Crippen MR) is 108 cm³/mol. The number of nitrogens with zero attached hydrogens (tertiary/aromatic N) is 4. The van der Waals surface area contributed by atoms with Gasteiger partial charge in [0.2, 0.25) is 0 Å². The van der Waals surface area contributed by atoms with Crippen molar-refractivity contribution in [2.75, 3.05) is 5.75 Å². The summed E-state index contributed by atoms with van der Waals surface area (Å²) in [5.41, 5.74) is 7.42. The van der Waals surface area contributed by atoms with Crippen molar-refractivity contribution in [2.24, 2.45) is 5.10 Å². The van der Waals surface area contributed by atoms with Gasteiger partial charge in [0.05, 0.1) is 12.0 Å². The number of nitrogens with one attached hydrogen (secondary N) is 1. The van der Waals surface area contributed by atoms with Gasteiger partial charge in [0.15, 0.2) is 5.16 Å². The quantitative estimate of drug-likeness (QED) is 0.308. The van der Waals surface area contributed by atoms with Gasteiger partial charge in [-0.25, -0.2) is 15.4 Å². The third-order valence-corrected chi connectivity index (χ3v) is 4.61. The number of aryl methyl sites for hydroxylation is 3. The van der Waals surface area contributed by atoms with E-state index in [9.17, 15) is 4.79 Å². The van der Waals surface area contributed by atoms with E-state index in [0.717, 1.165) is 28.3 Å². The molecule has 0 bridgehead atoms. The summed E-state index contributed by atoms with van der Waals surface area (Å²) in [6.07, 6.45) is 3.63. The van der Waals surface area contributed by atoms with Crippen LogP contribution in [0.2, 0.25) is 0 Å². The molecule has 0 radical (unpaired) electrons. The zero-order valence-electron chi connectivity index (χ0n) is 15.5. The Bertz CT molecular complexity index is 946. The predicted octanol–water partition coefficient (Wildman–Crippen LogP) is 3.43. The van der Waals surface area contributed by atoms with Gasteiger partial charge in [0, 0.05) is 34.5 Å². The van der Waals surface area contributed by atoms with Crippen LogP contribution in [-0.4, -0.2) is 32.4 Å². The number of rotatable bonds is 6. The highest BCUT2D eigenvalue weighted by molar-refractivity contribution is 7.99. The summed E-state index contributed by atoms with van der Waals surface area (Å²) in [4.78, 5) is 20.6. The Hall–Kier alpha value is -2.93. The van der Waals surface area contributed by atoms with Crippen molar-refractivity contribution in [2.45, 2.75) is 25.9 Å². The molecule has 0 fully saturated rings. The largest absolute Gasteiger partial charge is 0.321 e. The van der Waals surface area contributed by atoms with Gasteiger partial charge in [-0.1, -0.05) is 30.0 Å². The molecule has 0 aliphatic heterocycles. The second-order valence-electron chi connectivity index (χ2n) is 6.14. The molecular formula is C20H21N5OS. The van der Waals surface area contributed by atoms with Gasteiger partial charge >= 0.3 is 0 Å². The molecule has 1 aromatic carbocycles. The normalized spacial score (nSPS) is 11.1. The van der Waals surface area contributed by atoms with Gasteiger partial charge in [-0.3, -0.25) is 4.79 Å². The van der Waals surface area contributed by atoms with Crippen LogP contribution >= 0.6 is 11.8 Å². The van der Waals surface area contributed by atoms with Gasteiger partial charge < -0.3 is 4.57 Å². The number of benzene rings is 1. The molecule has 0 aliphatic rings. The maximum atomic E-state index is 12.0. The van der Waals surface area contributed by atoms with Gasteiger partial charge in [-0.15, -0.1) is 0 Å². The summed E-state index contributed by atoms with van der Waals surface area (Å²) in [5.74, 6) is 0.0165. The van der Waals surface area contributed by atoms with Gasteiger partial charge in [-0.05, 0) is 45.0 Å². The third kappa shape index (κ3) is 5.27. The number of thioether (sulfide) groups is 1. The summed E-state index contributed by atoms with van der Waals surface area (Å²) < 4.78 is 2.08. The molecule has 0 spiro atoms. The summed E-state index contributed by atoms with van der Waals surface area (Å²) in [6, 6.07) is 14.0. The number of hydrogen-bond donors (Lipinski definition) is 1. The molecule has 0 unspecified atom stereocenters. The van der Waals surface area contributed by atoms with Crippen LogP contribution in [0.15, 0.2) is 58.9 Å². The van der Waals surface area contributed by atoms with Crippen LogP contribution in [-0.2, 0) is 4.79 Å². The third-order valence-electron chi connectivity index (χ3n) is 3.77. The lowest BCUT2D eigenvalue weighted by molar-refractivity contribution is -0.118. The number of carbonyl (C=O) groups is 1. The summed E-state index contributed by atoms with van der Waals surface area (Å²) in [6.45, 7) is 5.85. The number of amides is 1. The lowest BCUT2D eigenvalue weighted by Crippen LogP contribution is -2.19. The maximum Gasteiger partial charge on any atom is 0.250 e. The number of hydrazone groups is 1. The van der Waals surface area contributed by atoms with Crippen molar-refractivity contribution in [3.05, 3.63) is 71.3 Å². The summed E-state index contributed by atoms with van der Waals surface area (Å²) in [7, 11) is 0. The Balaban J connectivity index is 1.55. The second kappa shape index (κ2) is 8.64. The van der Waals surface area contributed by atoms with E-state index in [1.165, 1.54) is 11.8 Å². The highest BCUT2D eigenvalue weighted by atomic mass is 32.2. The Labute approximate surface area is 162 Å². The fourth-order valence-electron chi connectivity index (χ4n) is 2.64. The first-order chi connectivity index (χ1) is 13.0. The van der Waals surface area contributed by atoms with Crippen molar-refractivity contribution in [1.82, 2.24) is 20.0 Å². The van der Waals surface area contributed by atoms with Gasteiger partial charge in [-0.2, -0.15) is 5.10 Å². The molecule has 2 aromatic heterocycles. The Kier molecular flexibility index (Phi) is 6.03. The highest BCUT2D eigenvalue weighted by Gasteiger charge is 2.06. The molecular weight excluding hydrogens is 358 g/mol. The van der Waals surface area contributed by atoms with E-state index in [1.54, 1.807) is 6.21 Å². The van der Waals surface area contributed by atoms with Crippen LogP contribution in [0.25, 0.3) is 5.69 Å². The molecule has 2 heterocycles.